The maximum Gasteiger partial charge on any atom is 0.308 e. The molecule has 1 aromatic carbocycles. The molecule has 1 N–H and O–H groups in total. The molecule has 0 spiro atoms. The van der Waals surface area contributed by atoms with Gasteiger partial charge in [0.1, 0.15) is 5.75 Å². The van der Waals surface area contributed by atoms with Crippen LogP contribution in [0.25, 0.3) is 0 Å². The normalized spacial score (nSPS) is 17.2. The van der Waals surface area contributed by atoms with Crippen molar-refractivity contribution in [1.29, 1.82) is 0 Å². The van der Waals surface area contributed by atoms with Crippen molar-refractivity contribution in [3.63, 3.8) is 0 Å². The average molecular weight is 359 g/mol. The monoisotopic (exact) mass is 359 g/mol. The van der Waals surface area contributed by atoms with E-state index in [1.807, 2.05) is 6.92 Å². The number of rotatable bonds is 7. The van der Waals surface area contributed by atoms with Crippen molar-refractivity contribution in [3.05, 3.63) is 41.2 Å². The lowest BCUT2D eigenvalue weighted by molar-refractivity contribution is -0.132. The Morgan fingerprint density at radius 3 is 2.58 bits per heavy atom. The summed E-state index contributed by atoms with van der Waals surface area (Å²) in [6, 6.07) is 6.04. The van der Waals surface area contributed by atoms with Gasteiger partial charge in [0.05, 0.1) is 11.6 Å². The molecule has 1 aliphatic rings. The molecule has 0 aromatic heterocycles. The van der Waals surface area contributed by atoms with Crippen LogP contribution in [-0.2, 0) is 14.4 Å². The van der Waals surface area contributed by atoms with E-state index in [0.717, 1.165) is 12.8 Å². The van der Waals surface area contributed by atoms with Gasteiger partial charge in [-0.25, -0.2) is 0 Å². The van der Waals surface area contributed by atoms with Crippen LogP contribution in [0.3, 0.4) is 0 Å². The molecular weight excluding hydrogens is 334 g/mol. The Hall–Kier alpha value is -2.63. The fourth-order valence-electron chi connectivity index (χ4n) is 3.04. The van der Waals surface area contributed by atoms with Crippen molar-refractivity contribution in [2.45, 2.75) is 46.6 Å². The number of hydrogen-bond acceptors (Lipinski definition) is 5. The van der Waals surface area contributed by atoms with Gasteiger partial charge in [-0.3, -0.25) is 14.4 Å². The molecule has 1 atom stereocenters. The second-order valence-electron chi connectivity index (χ2n) is 6.70. The zero-order chi connectivity index (χ0) is 19.4. The van der Waals surface area contributed by atoms with Gasteiger partial charge in [-0.05, 0) is 24.1 Å². The number of nitrogens with zero attached hydrogens (tertiary/aromatic N) is 1. The molecule has 1 aliphatic heterocycles. The van der Waals surface area contributed by atoms with Gasteiger partial charge >= 0.3 is 5.97 Å². The lowest BCUT2D eigenvalue weighted by Crippen LogP contribution is -2.32. The molecule has 26 heavy (non-hydrogen) atoms. The Labute approximate surface area is 153 Å². The first-order chi connectivity index (χ1) is 12.3. The molecule has 6 heteroatoms. The van der Waals surface area contributed by atoms with Crippen LogP contribution in [0.5, 0.6) is 5.75 Å². The first-order valence-corrected chi connectivity index (χ1v) is 8.84. The minimum atomic E-state index is -0.681. The van der Waals surface area contributed by atoms with Gasteiger partial charge in [0, 0.05) is 19.4 Å². The number of ketones is 1. The van der Waals surface area contributed by atoms with E-state index in [4.69, 9.17) is 4.74 Å². The minimum absolute atomic E-state index is 0.112. The molecule has 0 saturated carbocycles. The second-order valence-corrected chi connectivity index (χ2v) is 6.70. The van der Waals surface area contributed by atoms with Gasteiger partial charge in [-0.15, -0.1) is 0 Å². The first-order valence-electron chi connectivity index (χ1n) is 8.84. The summed E-state index contributed by atoms with van der Waals surface area (Å²) < 4.78 is 5.12. The van der Waals surface area contributed by atoms with Crippen LogP contribution in [-0.4, -0.2) is 34.2 Å². The number of esters is 1. The second kappa shape index (κ2) is 8.17. The Morgan fingerprint density at radius 2 is 2.00 bits per heavy atom. The van der Waals surface area contributed by atoms with Gasteiger partial charge in [0.2, 0.25) is 0 Å². The van der Waals surface area contributed by atoms with Gasteiger partial charge in [0.15, 0.2) is 11.5 Å². The number of benzene rings is 1. The molecule has 140 valence electrons. The van der Waals surface area contributed by atoms with E-state index in [2.05, 4.69) is 0 Å². The third-order valence-electron chi connectivity index (χ3n) is 4.28. The van der Waals surface area contributed by atoms with Gasteiger partial charge in [0.25, 0.3) is 5.91 Å². The first kappa shape index (κ1) is 19.7. The van der Waals surface area contributed by atoms with Gasteiger partial charge in [-0.1, -0.05) is 39.3 Å². The SMILES string of the molecule is CCCCN1C(=O)C(O)=C(C(=O)C(C)C)C1c1cccc(OC(C)=O)c1. The third kappa shape index (κ3) is 3.95. The van der Waals surface area contributed by atoms with E-state index in [1.54, 1.807) is 38.1 Å². The standard InChI is InChI=1S/C20H25NO5/c1-5-6-10-21-17(14-8-7-9-15(11-14)26-13(4)22)16(18(23)12(2)3)19(24)20(21)25/h7-9,11-12,17,24H,5-6,10H2,1-4H3. The zero-order valence-corrected chi connectivity index (χ0v) is 15.6. The van der Waals surface area contributed by atoms with Crippen LogP contribution in [0.15, 0.2) is 35.6 Å². The van der Waals surface area contributed by atoms with Crippen LogP contribution in [0.2, 0.25) is 0 Å². The Morgan fingerprint density at radius 1 is 1.31 bits per heavy atom. The van der Waals surface area contributed by atoms with Crippen molar-refractivity contribution in [2.75, 3.05) is 6.54 Å². The van der Waals surface area contributed by atoms with E-state index in [-0.39, 0.29) is 17.3 Å². The van der Waals surface area contributed by atoms with E-state index < -0.39 is 23.7 Å². The molecule has 0 bridgehead atoms. The molecule has 0 saturated heterocycles. The predicted octanol–water partition coefficient (Wildman–Crippen LogP) is 3.33. The average Bonchev–Trinajstić information content (AvgIpc) is 2.83. The molecule has 1 amide bonds. The Balaban J connectivity index is 2.52. The summed E-state index contributed by atoms with van der Waals surface area (Å²) >= 11 is 0. The number of carbonyl (C=O) groups excluding carboxylic acids is 3. The maximum atomic E-state index is 12.7. The third-order valence-corrected chi connectivity index (χ3v) is 4.28. The highest BCUT2D eigenvalue weighted by Gasteiger charge is 2.43. The fourth-order valence-corrected chi connectivity index (χ4v) is 3.04. The highest BCUT2D eigenvalue weighted by Crippen LogP contribution is 2.39. The number of amides is 1. The summed E-state index contributed by atoms with van der Waals surface area (Å²) in [4.78, 5) is 38.0. The number of carbonyl (C=O) groups is 3. The number of hydrogen-bond donors (Lipinski definition) is 1. The summed E-state index contributed by atoms with van der Waals surface area (Å²) in [5.74, 6) is -1.76. The molecule has 0 radical (unpaired) electrons. The Kier molecular flexibility index (Phi) is 6.18. The molecule has 2 rings (SSSR count). The van der Waals surface area contributed by atoms with Crippen molar-refractivity contribution >= 4 is 17.7 Å². The van der Waals surface area contributed by atoms with E-state index in [1.165, 1.54) is 11.8 Å². The summed E-state index contributed by atoms with van der Waals surface area (Å²) in [6.07, 6.45) is 1.63. The predicted molar refractivity (Wildman–Crippen MR) is 96.6 cm³/mol. The highest BCUT2D eigenvalue weighted by molar-refractivity contribution is 6.09. The van der Waals surface area contributed by atoms with Crippen LogP contribution in [0, 0.1) is 5.92 Å². The van der Waals surface area contributed by atoms with Crippen molar-refractivity contribution in [3.8, 4) is 5.75 Å². The minimum Gasteiger partial charge on any atom is -0.503 e. The summed E-state index contributed by atoms with van der Waals surface area (Å²) in [5, 5.41) is 10.4. The lowest BCUT2D eigenvalue weighted by Gasteiger charge is -2.27. The van der Waals surface area contributed by atoms with Crippen LogP contribution in [0.1, 0.15) is 52.1 Å². The zero-order valence-electron chi connectivity index (χ0n) is 15.6. The Bertz CT molecular complexity index is 750. The van der Waals surface area contributed by atoms with Gasteiger partial charge < -0.3 is 14.7 Å². The largest absolute Gasteiger partial charge is 0.503 e. The lowest BCUT2D eigenvalue weighted by atomic mass is 9.91. The summed E-state index contributed by atoms with van der Waals surface area (Å²) in [5.41, 5.74) is 0.738. The number of aliphatic hydroxyl groups is 1. The van der Waals surface area contributed by atoms with E-state index in [0.29, 0.717) is 17.9 Å². The number of unbranched alkanes of at least 4 members (excludes halogenated alkanes) is 1. The number of Topliss-reactive ketones (excluding diaryl/α,β-unsaturated/α-hetero) is 1. The van der Waals surface area contributed by atoms with E-state index in [9.17, 15) is 19.5 Å². The molecule has 0 fully saturated rings. The molecule has 1 aromatic rings. The van der Waals surface area contributed by atoms with Crippen molar-refractivity contribution in [1.82, 2.24) is 4.90 Å². The molecular formula is C20H25NO5. The number of ether oxygens (including phenoxy) is 1. The molecule has 6 nitrogen and oxygen atoms in total. The quantitative estimate of drug-likeness (QED) is 0.596. The highest BCUT2D eigenvalue weighted by atomic mass is 16.5. The number of aliphatic hydroxyl groups excluding tert-OH is 1. The smallest absolute Gasteiger partial charge is 0.308 e. The fraction of sp³-hybridized carbons (Fsp3) is 0.450. The molecule has 0 aliphatic carbocycles. The topological polar surface area (TPSA) is 83.9 Å². The van der Waals surface area contributed by atoms with Crippen molar-refractivity contribution < 1.29 is 24.2 Å². The van der Waals surface area contributed by atoms with E-state index >= 15 is 0 Å². The summed E-state index contributed by atoms with van der Waals surface area (Å²) in [6.45, 7) is 7.20. The van der Waals surface area contributed by atoms with Gasteiger partial charge in [-0.2, -0.15) is 0 Å². The van der Waals surface area contributed by atoms with Crippen LogP contribution < -0.4 is 4.74 Å². The summed E-state index contributed by atoms with van der Waals surface area (Å²) in [7, 11) is 0. The molecule has 1 heterocycles. The molecule has 1 unspecified atom stereocenters. The van der Waals surface area contributed by atoms with Crippen LogP contribution >= 0.6 is 0 Å². The van der Waals surface area contributed by atoms with Crippen molar-refractivity contribution in [2.24, 2.45) is 5.92 Å². The van der Waals surface area contributed by atoms with Crippen LogP contribution in [0.4, 0.5) is 0 Å². The maximum absolute atomic E-state index is 12.7.